The van der Waals surface area contributed by atoms with E-state index in [1.165, 1.54) is 24.8 Å². The first kappa shape index (κ1) is 37.5. The summed E-state index contributed by atoms with van der Waals surface area (Å²) in [4.78, 5) is 30.0. The molecule has 0 fully saturated rings. The Labute approximate surface area is 254 Å². The third-order valence-corrected chi connectivity index (χ3v) is 7.59. The van der Waals surface area contributed by atoms with Crippen molar-refractivity contribution in [1.82, 2.24) is 5.54 Å². The number of allylic oxidation sites excluding steroid dienone is 2. The van der Waals surface area contributed by atoms with Gasteiger partial charge in [0.2, 0.25) is 0 Å². The zero-order valence-electron chi connectivity index (χ0n) is 27.5. The summed E-state index contributed by atoms with van der Waals surface area (Å²) in [5.74, 6) is 0.271. The predicted octanol–water partition coefficient (Wildman–Crippen LogP) is 9.14. The van der Waals surface area contributed by atoms with Crippen molar-refractivity contribution in [2.75, 3.05) is 6.54 Å². The van der Waals surface area contributed by atoms with Gasteiger partial charge in [0.1, 0.15) is 18.4 Å². The monoisotopic (exact) mass is 588 g/mol. The number of nitrogens with one attached hydrogen (secondary N) is 1. The molecule has 0 saturated heterocycles. The Balaban J connectivity index is 0.00000431. The number of ketones is 1. The van der Waals surface area contributed by atoms with Gasteiger partial charge in [0, 0.05) is 25.1 Å². The van der Waals surface area contributed by atoms with Gasteiger partial charge in [0.15, 0.2) is 5.78 Å². The summed E-state index contributed by atoms with van der Waals surface area (Å²) >= 11 is 0. The van der Waals surface area contributed by atoms with Crippen molar-refractivity contribution in [3.8, 4) is 0 Å². The predicted molar refractivity (Wildman–Crippen MR) is 171 cm³/mol. The first-order valence-electron chi connectivity index (χ1n) is 16.1. The van der Waals surface area contributed by atoms with Gasteiger partial charge < -0.3 is 9.84 Å². The van der Waals surface area contributed by atoms with Crippen molar-refractivity contribution in [1.29, 1.82) is 0 Å². The fourth-order valence-corrected chi connectivity index (χ4v) is 5.34. The summed E-state index contributed by atoms with van der Waals surface area (Å²) in [5.41, 5.74) is 4.54. The molecule has 42 heavy (non-hydrogen) atoms. The SMILES string of the molecule is CC.CCCCC(CC)c1ccc(COC(=O)C(CCCCN=C(CC(C)C)C2=C(O)CC(C)(C)CC2=O)NF)cc1. The van der Waals surface area contributed by atoms with E-state index in [2.05, 4.69) is 44.8 Å². The minimum atomic E-state index is -1.04. The van der Waals surface area contributed by atoms with Gasteiger partial charge >= 0.3 is 5.97 Å². The van der Waals surface area contributed by atoms with Crippen LogP contribution >= 0.6 is 0 Å². The maximum absolute atomic E-state index is 13.4. The van der Waals surface area contributed by atoms with E-state index in [1.807, 2.05) is 39.8 Å². The number of benzene rings is 1. The maximum Gasteiger partial charge on any atom is 0.326 e. The second-order valence-electron chi connectivity index (χ2n) is 12.4. The molecule has 0 spiro atoms. The van der Waals surface area contributed by atoms with E-state index in [-0.39, 0.29) is 35.9 Å². The van der Waals surface area contributed by atoms with E-state index in [4.69, 9.17) is 4.74 Å². The number of carbonyl (C=O) groups is 2. The molecule has 2 rings (SSSR count). The molecule has 2 N–H and O–H groups in total. The zero-order valence-corrected chi connectivity index (χ0v) is 27.5. The van der Waals surface area contributed by atoms with Gasteiger partial charge in [0.05, 0.1) is 5.57 Å². The van der Waals surface area contributed by atoms with Crippen LogP contribution in [-0.2, 0) is 20.9 Å². The summed E-state index contributed by atoms with van der Waals surface area (Å²) in [6, 6.07) is 7.12. The van der Waals surface area contributed by atoms with Crippen LogP contribution in [0.25, 0.3) is 0 Å². The molecule has 0 aromatic heterocycles. The van der Waals surface area contributed by atoms with Crippen LogP contribution in [0.5, 0.6) is 0 Å². The smallest absolute Gasteiger partial charge is 0.326 e. The number of rotatable bonds is 17. The van der Waals surface area contributed by atoms with Crippen molar-refractivity contribution in [3.05, 3.63) is 46.7 Å². The highest BCUT2D eigenvalue weighted by molar-refractivity contribution is 6.23. The van der Waals surface area contributed by atoms with E-state index >= 15 is 0 Å². The zero-order chi connectivity index (χ0) is 31.7. The number of esters is 1. The summed E-state index contributed by atoms with van der Waals surface area (Å²) in [6.07, 6.45) is 7.57. The quantitative estimate of drug-likeness (QED) is 0.0820. The van der Waals surface area contributed by atoms with Gasteiger partial charge in [-0.05, 0) is 66.9 Å². The lowest BCUT2D eigenvalue weighted by molar-refractivity contribution is -0.149. The topological polar surface area (TPSA) is 88.0 Å². The fourth-order valence-electron chi connectivity index (χ4n) is 5.34. The third-order valence-electron chi connectivity index (χ3n) is 7.59. The molecule has 7 heteroatoms. The first-order chi connectivity index (χ1) is 20.0. The first-order valence-corrected chi connectivity index (χ1v) is 16.1. The molecular formula is C35H57FN2O4. The number of hydrogen-bond acceptors (Lipinski definition) is 6. The molecule has 1 aliphatic carbocycles. The van der Waals surface area contributed by atoms with Crippen molar-refractivity contribution in [2.24, 2.45) is 16.3 Å². The Morgan fingerprint density at radius 2 is 1.74 bits per heavy atom. The van der Waals surface area contributed by atoms with E-state index in [1.54, 1.807) is 5.54 Å². The van der Waals surface area contributed by atoms with Crippen molar-refractivity contribution in [3.63, 3.8) is 0 Å². The number of unbranched alkanes of at least 4 members (excludes halogenated alkanes) is 2. The minimum Gasteiger partial charge on any atom is -0.511 e. The summed E-state index contributed by atoms with van der Waals surface area (Å²) in [5, 5.41) is 10.6. The highest BCUT2D eigenvalue weighted by Gasteiger charge is 2.35. The lowest BCUT2D eigenvalue weighted by Gasteiger charge is -2.30. The Morgan fingerprint density at radius 3 is 2.29 bits per heavy atom. The number of carbonyl (C=O) groups excluding carboxylic acids is 2. The number of hydrogen-bond donors (Lipinski definition) is 2. The molecule has 0 heterocycles. The summed E-state index contributed by atoms with van der Waals surface area (Å²) < 4.78 is 18.8. The number of aliphatic hydroxyl groups excluding tert-OH is 1. The standard InChI is InChI=1S/C33H51FN2O4.C2H6/c1-7-9-12-25(8-2)26-16-14-24(15-17-26)22-40-32(39)27(36-34)13-10-11-18-35-28(19-23(3)4)31-29(37)20-33(5,6)21-30(31)38;1-2/h14-17,23,25,27,36-37H,7-13,18-22H2,1-6H3;1-2H3. The lowest BCUT2D eigenvalue weighted by atomic mass is 9.75. The van der Waals surface area contributed by atoms with Gasteiger partial charge in [0.25, 0.3) is 0 Å². The molecule has 1 aliphatic rings. The minimum absolute atomic E-state index is 0.0612. The van der Waals surface area contributed by atoms with E-state index in [9.17, 15) is 19.2 Å². The molecule has 0 saturated carbocycles. The largest absolute Gasteiger partial charge is 0.511 e. The fraction of sp³-hybridized carbons (Fsp3) is 0.686. The Hall–Kier alpha value is -2.54. The van der Waals surface area contributed by atoms with Crippen LogP contribution in [0.3, 0.4) is 0 Å². The van der Waals surface area contributed by atoms with E-state index in [0.717, 1.165) is 12.0 Å². The number of halogens is 1. The second-order valence-corrected chi connectivity index (χ2v) is 12.4. The second kappa shape index (κ2) is 19.6. The molecule has 6 nitrogen and oxygen atoms in total. The molecule has 0 radical (unpaired) electrons. The molecular weight excluding hydrogens is 531 g/mol. The number of ether oxygens (including phenoxy) is 1. The van der Waals surface area contributed by atoms with Gasteiger partial charge in [-0.3, -0.25) is 14.6 Å². The average Bonchev–Trinajstić information content (AvgIpc) is 2.94. The summed E-state index contributed by atoms with van der Waals surface area (Å²) in [7, 11) is 0. The summed E-state index contributed by atoms with van der Waals surface area (Å²) in [6.45, 7) is 17.0. The highest BCUT2D eigenvalue weighted by Crippen LogP contribution is 2.37. The Morgan fingerprint density at radius 1 is 1.07 bits per heavy atom. The average molecular weight is 589 g/mol. The lowest BCUT2D eigenvalue weighted by Crippen LogP contribution is -2.33. The van der Waals surface area contributed by atoms with Crippen LogP contribution in [0.15, 0.2) is 40.6 Å². The van der Waals surface area contributed by atoms with E-state index in [0.29, 0.717) is 55.9 Å². The highest BCUT2D eigenvalue weighted by atomic mass is 19.2. The number of nitrogens with zero attached hydrogens (tertiary/aromatic N) is 1. The molecule has 0 bridgehead atoms. The van der Waals surface area contributed by atoms with Crippen LogP contribution in [-0.4, -0.2) is 35.2 Å². The number of aliphatic hydroxyl groups is 1. The Bertz CT molecular complexity index is 1010. The third kappa shape index (κ3) is 12.8. The molecule has 1 aromatic rings. The van der Waals surface area contributed by atoms with Crippen molar-refractivity contribution < 1.29 is 23.9 Å². The van der Waals surface area contributed by atoms with Crippen molar-refractivity contribution >= 4 is 17.5 Å². The van der Waals surface area contributed by atoms with Gasteiger partial charge in [-0.1, -0.05) is 92.5 Å². The number of Topliss-reactive ketones (excluding diaryl/α,β-unsaturated/α-hetero) is 1. The van der Waals surface area contributed by atoms with Crippen LogP contribution < -0.4 is 5.54 Å². The molecule has 1 aromatic carbocycles. The van der Waals surface area contributed by atoms with Crippen LogP contribution in [0, 0.1) is 11.3 Å². The Kier molecular flexibility index (Phi) is 17.5. The maximum atomic E-state index is 13.4. The molecule has 2 atom stereocenters. The van der Waals surface area contributed by atoms with Crippen LogP contribution in [0.2, 0.25) is 0 Å². The van der Waals surface area contributed by atoms with Crippen LogP contribution in [0.1, 0.15) is 137 Å². The van der Waals surface area contributed by atoms with Gasteiger partial charge in [-0.15, -0.1) is 10.0 Å². The molecule has 0 aliphatic heterocycles. The van der Waals surface area contributed by atoms with Crippen LogP contribution in [0.4, 0.5) is 4.48 Å². The van der Waals surface area contributed by atoms with Gasteiger partial charge in [-0.2, -0.15) is 0 Å². The molecule has 0 amide bonds. The molecule has 2 unspecified atom stereocenters. The number of aliphatic imine (C=N–C) groups is 1. The normalized spacial score (nSPS) is 16.6. The van der Waals surface area contributed by atoms with Crippen molar-refractivity contribution in [2.45, 2.75) is 138 Å². The van der Waals surface area contributed by atoms with E-state index < -0.39 is 12.0 Å². The molecule has 238 valence electrons. The van der Waals surface area contributed by atoms with Gasteiger partial charge in [-0.25, -0.2) is 0 Å².